The lowest BCUT2D eigenvalue weighted by molar-refractivity contribution is -0.754. The van der Waals surface area contributed by atoms with E-state index in [1.54, 1.807) is 16.6 Å². The van der Waals surface area contributed by atoms with Gasteiger partial charge < -0.3 is 15.8 Å². The van der Waals surface area contributed by atoms with E-state index in [1.807, 2.05) is 35.9 Å². The highest BCUT2D eigenvalue weighted by atomic mass is 16.5. The number of benzene rings is 1. The van der Waals surface area contributed by atoms with Crippen LogP contribution in [0.1, 0.15) is 34.6 Å². The maximum Gasteiger partial charge on any atom is 0.437 e. The quantitative estimate of drug-likeness (QED) is 0.470. The van der Waals surface area contributed by atoms with Crippen LogP contribution in [0.4, 0.5) is 5.82 Å². The van der Waals surface area contributed by atoms with E-state index >= 15 is 0 Å². The Kier molecular flexibility index (Phi) is 5.14. The van der Waals surface area contributed by atoms with Gasteiger partial charge in [0, 0.05) is 18.1 Å². The average molecular weight is 430 g/mol. The summed E-state index contributed by atoms with van der Waals surface area (Å²) in [6.45, 7) is 3.84. The molecule has 4 aromatic rings. The predicted octanol–water partition coefficient (Wildman–Crippen LogP) is 2.27. The Balaban J connectivity index is 1.63. The van der Waals surface area contributed by atoms with Gasteiger partial charge in [-0.05, 0) is 35.7 Å². The summed E-state index contributed by atoms with van der Waals surface area (Å²) in [5.41, 5.74) is 9.19. The molecule has 0 aliphatic carbocycles. The van der Waals surface area contributed by atoms with Crippen LogP contribution < -0.4 is 20.5 Å². The fourth-order valence-corrected chi connectivity index (χ4v) is 3.93. The van der Waals surface area contributed by atoms with Gasteiger partial charge in [-0.3, -0.25) is 4.79 Å². The molecule has 5 rings (SSSR count). The minimum absolute atomic E-state index is 0.310. The molecule has 0 saturated carbocycles. The largest absolute Gasteiger partial charge is 0.440 e. The summed E-state index contributed by atoms with van der Waals surface area (Å²) < 4.78 is 9.42. The molecule has 9 nitrogen and oxygen atoms in total. The van der Waals surface area contributed by atoms with Gasteiger partial charge in [-0.25, -0.2) is 4.52 Å². The first kappa shape index (κ1) is 19.9. The molecular formula is C23H24N7O2+. The van der Waals surface area contributed by atoms with Crippen molar-refractivity contribution < 1.29 is 14.2 Å². The van der Waals surface area contributed by atoms with Crippen molar-refractivity contribution in [3.8, 4) is 17.3 Å². The first-order chi connectivity index (χ1) is 15.6. The summed E-state index contributed by atoms with van der Waals surface area (Å²) in [6, 6.07) is 15.4. The van der Waals surface area contributed by atoms with Crippen molar-refractivity contribution in [2.45, 2.75) is 32.9 Å². The molecule has 0 radical (unpaired) electrons. The molecular weight excluding hydrogens is 406 g/mol. The molecule has 0 saturated heterocycles. The van der Waals surface area contributed by atoms with E-state index in [-0.39, 0.29) is 0 Å². The number of nitrogens with zero attached hydrogens (tertiary/aromatic N) is 5. The molecule has 0 spiro atoms. The van der Waals surface area contributed by atoms with Gasteiger partial charge >= 0.3 is 5.88 Å². The van der Waals surface area contributed by atoms with Crippen molar-refractivity contribution in [3.63, 3.8) is 0 Å². The van der Waals surface area contributed by atoms with Crippen molar-refractivity contribution >= 4 is 17.2 Å². The van der Waals surface area contributed by atoms with Crippen LogP contribution in [0.2, 0.25) is 0 Å². The summed E-state index contributed by atoms with van der Waals surface area (Å²) in [7, 11) is 0. The van der Waals surface area contributed by atoms with E-state index in [0.29, 0.717) is 42.1 Å². The van der Waals surface area contributed by atoms with E-state index in [2.05, 4.69) is 22.5 Å². The van der Waals surface area contributed by atoms with Crippen LogP contribution in [0, 0.1) is 6.92 Å². The van der Waals surface area contributed by atoms with Gasteiger partial charge in [0.1, 0.15) is 5.69 Å². The Hall–Kier alpha value is -4.01. The average Bonchev–Trinajstić information content (AvgIpc) is 2.96. The number of primary amides is 1. The molecule has 1 amide bonds. The summed E-state index contributed by atoms with van der Waals surface area (Å²) >= 11 is 0. The third kappa shape index (κ3) is 3.62. The van der Waals surface area contributed by atoms with Crippen molar-refractivity contribution in [2.24, 2.45) is 5.73 Å². The Morgan fingerprint density at radius 3 is 2.84 bits per heavy atom. The van der Waals surface area contributed by atoms with Crippen molar-refractivity contribution in [1.29, 1.82) is 0 Å². The van der Waals surface area contributed by atoms with Crippen LogP contribution in [0.3, 0.4) is 0 Å². The molecule has 4 heterocycles. The first-order valence-corrected chi connectivity index (χ1v) is 10.6. The highest BCUT2D eigenvalue weighted by Gasteiger charge is 2.29. The standard InChI is InChI=1S/C23H23N7O2/c1-15-19(17-10-7-11-18(20(24)31)30(17)27-15)21-26-22(25-14-16-8-3-2-4-9-16)23-29(28-21)12-5-6-13-32-23/h2-4,7-11H,5-6,12-14H2,1H3,(H2-,24,25,26,28,31)/p+1. The van der Waals surface area contributed by atoms with E-state index in [0.717, 1.165) is 36.0 Å². The van der Waals surface area contributed by atoms with Gasteiger partial charge in [0.25, 0.3) is 5.91 Å². The molecule has 0 unspecified atom stereocenters. The highest BCUT2D eigenvalue weighted by Crippen LogP contribution is 2.29. The molecule has 3 aromatic heterocycles. The topological polar surface area (TPSA) is 111 Å². The summed E-state index contributed by atoms with van der Waals surface area (Å²) in [4.78, 5) is 16.7. The molecule has 1 aliphatic rings. The Bertz CT molecular complexity index is 1300. The number of aromatic nitrogens is 5. The number of rotatable bonds is 5. The van der Waals surface area contributed by atoms with Crippen LogP contribution in [0.5, 0.6) is 5.88 Å². The van der Waals surface area contributed by atoms with Gasteiger partial charge in [0.2, 0.25) is 11.6 Å². The Morgan fingerprint density at radius 1 is 1.19 bits per heavy atom. The lowest BCUT2D eigenvalue weighted by Crippen LogP contribution is -2.40. The number of hydrogen-bond acceptors (Lipinski definition) is 6. The van der Waals surface area contributed by atoms with E-state index in [9.17, 15) is 4.79 Å². The number of aryl methyl sites for hydroxylation is 2. The monoisotopic (exact) mass is 430 g/mol. The third-order valence-electron chi connectivity index (χ3n) is 5.48. The van der Waals surface area contributed by atoms with Gasteiger partial charge in [-0.15, -0.1) is 0 Å². The minimum atomic E-state index is -0.541. The molecule has 0 fully saturated rings. The molecule has 1 aliphatic heterocycles. The smallest absolute Gasteiger partial charge is 0.437 e. The number of anilines is 1. The van der Waals surface area contributed by atoms with Crippen molar-refractivity contribution in [1.82, 2.24) is 19.7 Å². The Labute approximate surface area is 184 Å². The number of amides is 1. The fourth-order valence-electron chi connectivity index (χ4n) is 3.93. The first-order valence-electron chi connectivity index (χ1n) is 10.6. The molecule has 162 valence electrons. The van der Waals surface area contributed by atoms with Crippen LogP contribution in [0.15, 0.2) is 48.5 Å². The number of hydrogen-bond donors (Lipinski definition) is 2. The summed E-state index contributed by atoms with van der Waals surface area (Å²) in [6.07, 6.45) is 1.92. The maximum atomic E-state index is 11.9. The van der Waals surface area contributed by atoms with E-state index in [4.69, 9.17) is 20.6 Å². The third-order valence-corrected chi connectivity index (χ3v) is 5.48. The number of ether oxygens (including phenoxy) is 1. The minimum Gasteiger partial charge on any atom is -0.440 e. The van der Waals surface area contributed by atoms with Crippen molar-refractivity contribution in [2.75, 3.05) is 11.9 Å². The van der Waals surface area contributed by atoms with Crippen LogP contribution in [-0.4, -0.2) is 32.2 Å². The number of pyridine rings is 1. The molecule has 32 heavy (non-hydrogen) atoms. The zero-order chi connectivity index (χ0) is 22.1. The van der Waals surface area contributed by atoms with Gasteiger partial charge in [-0.1, -0.05) is 36.4 Å². The normalized spacial score (nSPS) is 13.3. The molecule has 0 bridgehead atoms. The van der Waals surface area contributed by atoms with E-state index < -0.39 is 5.91 Å². The van der Waals surface area contributed by atoms with Gasteiger partial charge in [0.15, 0.2) is 6.54 Å². The van der Waals surface area contributed by atoms with Gasteiger partial charge in [-0.2, -0.15) is 10.1 Å². The van der Waals surface area contributed by atoms with Crippen LogP contribution in [0.25, 0.3) is 16.9 Å². The molecule has 1 aromatic carbocycles. The second-order valence-corrected chi connectivity index (χ2v) is 7.74. The van der Waals surface area contributed by atoms with Crippen LogP contribution in [-0.2, 0) is 13.1 Å². The second kappa shape index (κ2) is 8.26. The molecule has 0 atom stereocenters. The number of nitrogens with two attached hydrogens (primary N) is 1. The van der Waals surface area contributed by atoms with Crippen molar-refractivity contribution in [3.05, 3.63) is 65.5 Å². The SMILES string of the molecule is Cc1nn2c(C(N)=O)cccc2c1-c1nc(NCc2ccccc2)c2[n+](n1)CCCCO2. The lowest BCUT2D eigenvalue weighted by atomic mass is 10.2. The summed E-state index contributed by atoms with van der Waals surface area (Å²) in [5.74, 6) is 1.24. The Morgan fingerprint density at radius 2 is 2.03 bits per heavy atom. The highest BCUT2D eigenvalue weighted by molar-refractivity contribution is 5.93. The lowest BCUT2D eigenvalue weighted by Gasteiger charge is -2.09. The fraction of sp³-hybridized carbons (Fsp3) is 0.261. The summed E-state index contributed by atoms with van der Waals surface area (Å²) in [5, 5.41) is 12.7. The predicted molar refractivity (Wildman–Crippen MR) is 118 cm³/mol. The molecule has 9 heteroatoms. The van der Waals surface area contributed by atoms with E-state index in [1.165, 1.54) is 0 Å². The zero-order valence-corrected chi connectivity index (χ0v) is 17.8. The number of carbonyl (C=O) groups excluding carboxylic acids is 1. The number of carbonyl (C=O) groups is 1. The molecule has 3 N–H and O–H groups in total. The van der Waals surface area contributed by atoms with Crippen LogP contribution >= 0.6 is 0 Å². The zero-order valence-electron chi connectivity index (χ0n) is 17.8. The van der Waals surface area contributed by atoms with Gasteiger partial charge in [0.05, 0.1) is 23.4 Å². The second-order valence-electron chi connectivity index (χ2n) is 7.74. The number of fused-ring (bicyclic) bond motifs is 2. The number of nitrogens with one attached hydrogen (secondary N) is 1. The maximum absolute atomic E-state index is 11.9.